The molecule has 0 radical (unpaired) electrons. The zero-order valence-electron chi connectivity index (χ0n) is 16.5. The summed E-state index contributed by atoms with van der Waals surface area (Å²) in [6, 6.07) is 31.6. The Morgan fingerprint density at radius 2 is 1.17 bits per heavy atom. The molecule has 1 aliphatic heterocycles. The molecule has 148 valence electrons. The van der Waals surface area contributed by atoms with Gasteiger partial charge in [-0.3, -0.25) is 4.79 Å². The van der Waals surface area contributed by atoms with Gasteiger partial charge in [0, 0.05) is 26.2 Å². The molecule has 1 N–H and O–H groups in total. The van der Waals surface area contributed by atoms with Crippen molar-refractivity contribution in [3.05, 3.63) is 108 Å². The Kier molecular flexibility index (Phi) is 6.33. The first-order valence-corrected chi connectivity index (χ1v) is 11.1. The lowest BCUT2D eigenvalue weighted by molar-refractivity contribution is -0.128. The van der Waals surface area contributed by atoms with E-state index in [1.807, 2.05) is 23.1 Å². The average molecular weight is 403 g/mol. The summed E-state index contributed by atoms with van der Waals surface area (Å²) in [4.78, 5) is 15.0. The second kappa shape index (κ2) is 9.29. The van der Waals surface area contributed by atoms with Crippen molar-refractivity contribution in [2.24, 2.45) is 0 Å². The van der Waals surface area contributed by atoms with E-state index in [1.54, 1.807) is 11.8 Å². The number of nitrogens with zero attached hydrogens (tertiary/aromatic N) is 1. The third-order valence-electron chi connectivity index (χ3n) is 5.42. The summed E-state index contributed by atoms with van der Waals surface area (Å²) in [5.41, 5.74) is 3.57. The van der Waals surface area contributed by atoms with Gasteiger partial charge in [0.05, 0.1) is 10.5 Å². The van der Waals surface area contributed by atoms with Gasteiger partial charge < -0.3 is 10.2 Å². The molecule has 4 heteroatoms. The molecule has 1 fully saturated rings. The summed E-state index contributed by atoms with van der Waals surface area (Å²) in [6.07, 6.45) is 0. The summed E-state index contributed by atoms with van der Waals surface area (Å²) in [5.74, 6) is 0.655. The van der Waals surface area contributed by atoms with Crippen molar-refractivity contribution >= 4 is 17.7 Å². The Morgan fingerprint density at radius 3 is 1.59 bits per heavy atom. The van der Waals surface area contributed by atoms with Crippen molar-refractivity contribution in [2.45, 2.75) is 4.75 Å². The smallest absolute Gasteiger partial charge is 0.232 e. The highest BCUT2D eigenvalue weighted by Gasteiger charge is 2.37. The van der Waals surface area contributed by atoms with E-state index in [4.69, 9.17) is 0 Å². The largest absolute Gasteiger partial charge is 0.339 e. The average Bonchev–Trinajstić information content (AvgIpc) is 2.82. The van der Waals surface area contributed by atoms with Crippen LogP contribution in [0.4, 0.5) is 0 Å². The molecule has 0 atom stereocenters. The van der Waals surface area contributed by atoms with E-state index in [9.17, 15) is 4.79 Å². The van der Waals surface area contributed by atoms with E-state index in [0.29, 0.717) is 5.75 Å². The fraction of sp³-hybridized carbons (Fsp3) is 0.240. The number of piperazine rings is 1. The Balaban J connectivity index is 1.76. The van der Waals surface area contributed by atoms with Gasteiger partial charge in [-0.05, 0) is 16.7 Å². The number of carbonyl (C=O) groups excluding carboxylic acids is 1. The predicted octanol–water partition coefficient (Wildman–Crippen LogP) is 4.14. The molecule has 3 nitrogen and oxygen atoms in total. The number of thioether (sulfide) groups is 1. The topological polar surface area (TPSA) is 32.3 Å². The molecule has 0 bridgehead atoms. The van der Waals surface area contributed by atoms with E-state index in [0.717, 1.165) is 26.2 Å². The third kappa shape index (κ3) is 4.24. The van der Waals surface area contributed by atoms with Gasteiger partial charge in [0.15, 0.2) is 0 Å². The number of benzene rings is 3. The Bertz CT molecular complexity index is 813. The van der Waals surface area contributed by atoms with Crippen molar-refractivity contribution in [2.75, 3.05) is 31.9 Å². The Hall–Kier alpha value is -2.56. The molecular weight excluding hydrogens is 376 g/mol. The van der Waals surface area contributed by atoms with Gasteiger partial charge in [-0.1, -0.05) is 91.0 Å². The van der Waals surface area contributed by atoms with E-state index in [2.05, 4.69) is 78.1 Å². The quantitative estimate of drug-likeness (QED) is 0.629. The van der Waals surface area contributed by atoms with Crippen molar-refractivity contribution in [3.8, 4) is 0 Å². The van der Waals surface area contributed by atoms with Crippen molar-refractivity contribution in [1.82, 2.24) is 10.2 Å². The molecule has 3 aromatic rings. The number of rotatable bonds is 6. The Morgan fingerprint density at radius 1 is 0.759 bits per heavy atom. The van der Waals surface area contributed by atoms with Gasteiger partial charge >= 0.3 is 0 Å². The van der Waals surface area contributed by atoms with Crippen LogP contribution in [-0.4, -0.2) is 42.7 Å². The minimum Gasteiger partial charge on any atom is -0.339 e. The van der Waals surface area contributed by atoms with Crippen LogP contribution in [-0.2, 0) is 9.54 Å². The highest BCUT2D eigenvalue weighted by Crippen LogP contribution is 2.48. The zero-order chi connectivity index (χ0) is 19.9. The molecule has 1 saturated heterocycles. The van der Waals surface area contributed by atoms with Crippen molar-refractivity contribution in [1.29, 1.82) is 0 Å². The van der Waals surface area contributed by atoms with E-state index < -0.39 is 4.75 Å². The van der Waals surface area contributed by atoms with Crippen LogP contribution in [0.3, 0.4) is 0 Å². The van der Waals surface area contributed by atoms with Crippen LogP contribution in [0, 0.1) is 0 Å². The first-order chi connectivity index (χ1) is 14.3. The molecule has 1 heterocycles. The molecule has 1 aliphatic rings. The van der Waals surface area contributed by atoms with E-state index in [1.165, 1.54) is 16.7 Å². The van der Waals surface area contributed by atoms with Crippen LogP contribution < -0.4 is 5.32 Å². The number of hydrogen-bond donors (Lipinski definition) is 1. The fourth-order valence-corrected chi connectivity index (χ4v) is 5.37. The number of amides is 1. The monoisotopic (exact) mass is 402 g/mol. The van der Waals surface area contributed by atoms with Gasteiger partial charge in [-0.25, -0.2) is 0 Å². The summed E-state index contributed by atoms with van der Waals surface area (Å²) in [7, 11) is 0. The summed E-state index contributed by atoms with van der Waals surface area (Å²) >= 11 is 1.72. The lowest BCUT2D eigenvalue weighted by Crippen LogP contribution is -2.47. The molecule has 0 saturated carbocycles. The van der Waals surface area contributed by atoms with Gasteiger partial charge in [0.25, 0.3) is 0 Å². The van der Waals surface area contributed by atoms with Crippen LogP contribution in [0.15, 0.2) is 91.0 Å². The van der Waals surface area contributed by atoms with E-state index >= 15 is 0 Å². The maximum absolute atomic E-state index is 13.0. The minimum atomic E-state index is -0.437. The first-order valence-electron chi connectivity index (χ1n) is 10.1. The van der Waals surface area contributed by atoms with Crippen LogP contribution in [0.2, 0.25) is 0 Å². The third-order valence-corrected chi connectivity index (χ3v) is 6.95. The molecule has 0 unspecified atom stereocenters. The van der Waals surface area contributed by atoms with E-state index in [-0.39, 0.29) is 5.91 Å². The molecule has 29 heavy (non-hydrogen) atoms. The lowest BCUT2D eigenvalue weighted by Gasteiger charge is -2.36. The molecule has 0 aromatic heterocycles. The van der Waals surface area contributed by atoms with Crippen molar-refractivity contribution < 1.29 is 4.79 Å². The standard InChI is InChI=1S/C25H26N2OS/c28-24(27-18-16-26-17-19-27)20-29-25(21-10-4-1-5-11-21,22-12-6-2-7-13-22)23-14-8-3-9-15-23/h1-15,26H,16-20H2. The molecule has 0 aliphatic carbocycles. The highest BCUT2D eigenvalue weighted by atomic mass is 32.2. The predicted molar refractivity (Wildman–Crippen MR) is 121 cm³/mol. The second-order valence-corrected chi connectivity index (χ2v) is 8.39. The highest BCUT2D eigenvalue weighted by molar-refractivity contribution is 8.01. The van der Waals surface area contributed by atoms with Gasteiger partial charge in [-0.2, -0.15) is 0 Å². The maximum Gasteiger partial charge on any atom is 0.232 e. The SMILES string of the molecule is O=C(CSC(c1ccccc1)(c1ccccc1)c1ccccc1)N1CCNCC1. The maximum atomic E-state index is 13.0. The van der Waals surface area contributed by atoms with Gasteiger partial charge in [0.2, 0.25) is 5.91 Å². The summed E-state index contributed by atoms with van der Waals surface area (Å²) in [5, 5.41) is 3.32. The zero-order valence-corrected chi connectivity index (χ0v) is 17.3. The molecule has 1 amide bonds. The van der Waals surface area contributed by atoms with Crippen LogP contribution in [0.25, 0.3) is 0 Å². The van der Waals surface area contributed by atoms with Crippen molar-refractivity contribution in [3.63, 3.8) is 0 Å². The second-order valence-electron chi connectivity index (χ2n) is 7.20. The molecule has 4 rings (SSSR count). The summed E-state index contributed by atoms with van der Waals surface area (Å²) < 4.78 is -0.437. The molecular formula is C25H26N2OS. The number of hydrogen-bond acceptors (Lipinski definition) is 3. The molecule has 0 spiro atoms. The normalized spacial score (nSPS) is 14.6. The lowest BCUT2D eigenvalue weighted by atomic mass is 9.84. The van der Waals surface area contributed by atoms with Crippen LogP contribution in [0.5, 0.6) is 0 Å². The number of nitrogens with one attached hydrogen (secondary N) is 1. The van der Waals surface area contributed by atoms with Crippen LogP contribution >= 0.6 is 11.8 Å². The number of carbonyl (C=O) groups is 1. The Labute approximate surface area is 177 Å². The fourth-order valence-electron chi connectivity index (χ4n) is 3.94. The summed E-state index contributed by atoms with van der Waals surface area (Å²) in [6.45, 7) is 3.32. The first kappa shape index (κ1) is 19.7. The van der Waals surface area contributed by atoms with Gasteiger partial charge in [0.1, 0.15) is 0 Å². The van der Waals surface area contributed by atoms with Crippen LogP contribution in [0.1, 0.15) is 16.7 Å². The van der Waals surface area contributed by atoms with Gasteiger partial charge in [-0.15, -0.1) is 11.8 Å². The minimum absolute atomic E-state index is 0.212. The molecule has 3 aromatic carbocycles.